The molecule has 120 valence electrons. The Bertz CT molecular complexity index is 673. The molecule has 2 aliphatic heterocycles. The van der Waals surface area contributed by atoms with E-state index >= 15 is 0 Å². The van der Waals surface area contributed by atoms with Crippen LogP contribution in [0.2, 0.25) is 0 Å². The largest absolute Gasteiger partial charge is 0.493 e. The minimum atomic E-state index is 0.355. The van der Waals surface area contributed by atoms with Crippen LogP contribution in [0.5, 0.6) is 5.75 Å². The zero-order valence-corrected chi connectivity index (χ0v) is 12.9. The number of nitrogens with one attached hydrogen (secondary N) is 1. The van der Waals surface area contributed by atoms with Gasteiger partial charge in [-0.3, -0.25) is 0 Å². The fourth-order valence-electron chi connectivity index (χ4n) is 2.99. The number of nitrogens with zero attached hydrogens (tertiary/aromatic N) is 3. The van der Waals surface area contributed by atoms with E-state index in [1.165, 1.54) is 5.56 Å². The summed E-state index contributed by atoms with van der Waals surface area (Å²) in [5.74, 6) is 2.97. The third kappa shape index (κ3) is 3.07. The maximum Gasteiger partial charge on any atom is 0.227 e. The lowest BCUT2D eigenvalue weighted by atomic mass is 10.0. The van der Waals surface area contributed by atoms with Crippen molar-refractivity contribution < 1.29 is 9.47 Å². The second kappa shape index (κ2) is 6.42. The Labute approximate surface area is 135 Å². The molecule has 1 fully saturated rings. The van der Waals surface area contributed by atoms with Crippen LogP contribution in [0.25, 0.3) is 0 Å². The summed E-state index contributed by atoms with van der Waals surface area (Å²) in [5, 5.41) is 3.42. The number of benzene rings is 1. The van der Waals surface area contributed by atoms with Crippen molar-refractivity contribution in [2.24, 2.45) is 0 Å². The van der Waals surface area contributed by atoms with Crippen LogP contribution in [-0.4, -0.2) is 49.4 Å². The molecule has 0 aliphatic carbocycles. The van der Waals surface area contributed by atoms with Crippen molar-refractivity contribution in [1.82, 2.24) is 9.97 Å². The summed E-state index contributed by atoms with van der Waals surface area (Å²) in [6.45, 7) is 4.67. The number of para-hydroxylation sites is 1. The van der Waals surface area contributed by atoms with Crippen LogP contribution in [0.1, 0.15) is 11.5 Å². The molecule has 1 aromatic carbocycles. The SMILES string of the molecule is c1ccc2c(c1)OCC2CNc1ccnc(N2CCOCC2)n1. The molecule has 1 aromatic heterocycles. The average molecular weight is 312 g/mol. The van der Waals surface area contributed by atoms with E-state index < -0.39 is 0 Å². The Balaban J connectivity index is 1.42. The number of morpholine rings is 1. The predicted octanol–water partition coefficient (Wildman–Crippen LogP) is 1.90. The van der Waals surface area contributed by atoms with Crippen molar-refractivity contribution in [3.8, 4) is 5.75 Å². The normalized spacial score (nSPS) is 20.0. The lowest BCUT2D eigenvalue weighted by molar-refractivity contribution is 0.122. The third-order valence-corrected chi connectivity index (χ3v) is 4.27. The van der Waals surface area contributed by atoms with Gasteiger partial charge in [-0.05, 0) is 12.1 Å². The van der Waals surface area contributed by atoms with Gasteiger partial charge in [0, 0.05) is 37.3 Å². The average Bonchev–Trinajstić information content (AvgIpc) is 3.04. The summed E-state index contributed by atoms with van der Waals surface area (Å²) in [4.78, 5) is 11.1. The molecule has 0 saturated carbocycles. The summed E-state index contributed by atoms with van der Waals surface area (Å²) in [6, 6.07) is 10.1. The molecule has 6 nitrogen and oxygen atoms in total. The van der Waals surface area contributed by atoms with Crippen LogP contribution in [0.3, 0.4) is 0 Å². The summed E-state index contributed by atoms with van der Waals surface area (Å²) in [7, 11) is 0. The highest BCUT2D eigenvalue weighted by Gasteiger charge is 2.23. The number of hydrogen-bond acceptors (Lipinski definition) is 6. The first-order chi connectivity index (χ1) is 11.4. The number of ether oxygens (including phenoxy) is 2. The number of aromatic nitrogens is 2. The van der Waals surface area contributed by atoms with Gasteiger partial charge in [0.15, 0.2) is 0 Å². The molecule has 4 rings (SSSR count). The fraction of sp³-hybridized carbons (Fsp3) is 0.412. The number of anilines is 2. The van der Waals surface area contributed by atoms with Gasteiger partial charge in [0.05, 0.1) is 19.8 Å². The summed E-state index contributed by atoms with van der Waals surface area (Å²) in [6.07, 6.45) is 1.80. The van der Waals surface area contributed by atoms with E-state index in [0.717, 1.165) is 50.4 Å². The second-order valence-corrected chi connectivity index (χ2v) is 5.77. The molecule has 0 amide bonds. The monoisotopic (exact) mass is 312 g/mol. The van der Waals surface area contributed by atoms with Crippen LogP contribution in [0.4, 0.5) is 11.8 Å². The Hall–Kier alpha value is -2.34. The molecule has 2 aromatic rings. The standard InChI is InChI=1S/C17H20N4O2/c1-2-4-15-14(3-1)13(12-23-15)11-19-16-5-6-18-17(20-16)21-7-9-22-10-8-21/h1-6,13H,7-12H2,(H,18,19,20). The Morgan fingerprint density at radius 2 is 2.04 bits per heavy atom. The lowest BCUT2D eigenvalue weighted by Crippen LogP contribution is -2.37. The quantitative estimate of drug-likeness (QED) is 0.930. The fourth-order valence-corrected chi connectivity index (χ4v) is 2.99. The van der Waals surface area contributed by atoms with E-state index in [4.69, 9.17) is 9.47 Å². The van der Waals surface area contributed by atoms with Gasteiger partial charge < -0.3 is 19.7 Å². The maximum atomic E-state index is 5.72. The van der Waals surface area contributed by atoms with E-state index in [0.29, 0.717) is 12.5 Å². The molecular weight excluding hydrogens is 292 g/mol. The number of hydrogen-bond donors (Lipinski definition) is 1. The zero-order chi connectivity index (χ0) is 15.5. The highest BCUT2D eigenvalue weighted by Crippen LogP contribution is 2.33. The highest BCUT2D eigenvalue weighted by molar-refractivity contribution is 5.44. The van der Waals surface area contributed by atoms with Crippen molar-refractivity contribution >= 4 is 11.8 Å². The van der Waals surface area contributed by atoms with Gasteiger partial charge in [0.1, 0.15) is 11.6 Å². The van der Waals surface area contributed by atoms with E-state index in [2.05, 4.69) is 32.3 Å². The minimum absolute atomic E-state index is 0.355. The second-order valence-electron chi connectivity index (χ2n) is 5.77. The topological polar surface area (TPSA) is 59.5 Å². The van der Waals surface area contributed by atoms with Crippen molar-refractivity contribution in [3.63, 3.8) is 0 Å². The number of fused-ring (bicyclic) bond motifs is 1. The van der Waals surface area contributed by atoms with Crippen LogP contribution in [0.15, 0.2) is 36.5 Å². The summed E-state index contributed by atoms with van der Waals surface area (Å²) in [5.41, 5.74) is 1.27. The molecule has 0 bridgehead atoms. The Kier molecular flexibility index (Phi) is 3.98. The molecule has 6 heteroatoms. The molecule has 1 saturated heterocycles. The van der Waals surface area contributed by atoms with Gasteiger partial charge in [-0.1, -0.05) is 18.2 Å². The predicted molar refractivity (Wildman–Crippen MR) is 88.2 cm³/mol. The first-order valence-electron chi connectivity index (χ1n) is 8.01. The van der Waals surface area contributed by atoms with Gasteiger partial charge in [-0.25, -0.2) is 4.98 Å². The molecule has 2 aliphatic rings. The number of rotatable bonds is 4. The molecule has 23 heavy (non-hydrogen) atoms. The van der Waals surface area contributed by atoms with Gasteiger partial charge in [0.25, 0.3) is 0 Å². The van der Waals surface area contributed by atoms with Gasteiger partial charge in [-0.2, -0.15) is 4.98 Å². The molecule has 3 heterocycles. The maximum absolute atomic E-state index is 5.72. The van der Waals surface area contributed by atoms with Crippen LogP contribution in [-0.2, 0) is 4.74 Å². The molecule has 1 unspecified atom stereocenters. The highest BCUT2D eigenvalue weighted by atomic mass is 16.5. The van der Waals surface area contributed by atoms with Crippen LogP contribution in [0, 0.1) is 0 Å². The minimum Gasteiger partial charge on any atom is -0.493 e. The van der Waals surface area contributed by atoms with Crippen molar-refractivity contribution in [2.75, 3.05) is 49.7 Å². The van der Waals surface area contributed by atoms with E-state index in [1.54, 1.807) is 6.20 Å². The molecular formula is C17H20N4O2. The molecule has 1 N–H and O–H groups in total. The van der Waals surface area contributed by atoms with E-state index in [9.17, 15) is 0 Å². The molecule has 0 spiro atoms. The van der Waals surface area contributed by atoms with Crippen molar-refractivity contribution in [2.45, 2.75) is 5.92 Å². The lowest BCUT2D eigenvalue weighted by Gasteiger charge is -2.26. The first kappa shape index (κ1) is 14.3. The molecule has 1 atom stereocenters. The van der Waals surface area contributed by atoms with Crippen molar-refractivity contribution in [1.29, 1.82) is 0 Å². The smallest absolute Gasteiger partial charge is 0.227 e. The van der Waals surface area contributed by atoms with Gasteiger partial charge in [-0.15, -0.1) is 0 Å². The van der Waals surface area contributed by atoms with Crippen molar-refractivity contribution in [3.05, 3.63) is 42.1 Å². The van der Waals surface area contributed by atoms with Gasteiger partial charge >= 0.3 is 0 Å². The van der Waals surface area contributed by atoms with E-state index in [-0.39, 0.29) is 0 Å². The Morgan fingerprint density at radius 1 is 1.17 bits per heavy atom. The van der Waals surface area contributed by atoms with Crippen LogP contribution >= 0.6 is 0 Å². The third-order valence-electron chi connectivity index (χ3n) is 4.27. The zero-order valence-electron chi connectivity index (χ0n) is 12.9. The molecule has 0 radical (unpaired) electrons. The van der Waals surface area contributed by atoms with E-state index in [1.807, 2.05) is 18.2 Å². The van der Waals surface area contributed by atoms with Crippen LogP contribution < -0.4 is 15.0 Å². The summed E-state index contributed by atoms with van der Waals surface area (Å²) < 4.78 is 11.1. The first-order valence-corrected chi connectivity index (χ1v) is 8.01. The Morgan fingerprint density at radius 3 is 2.96 bits per heavy atom. The van der Waals surface area contributed by atoms with Gasteiger partial charge in [0.2, 0.25) is 5.95 Å². The summed E-state index contributed by atoms with van der Waals surface area (Å²) >= 11 is 0.